The summed E-state index contributed by atoms with van der Waals surface area (Å²) in [6.45, 7) is 2.39. The summed E-state index contributed by atoms with van der Waals surface area (Å²) >= 11 is 3.32. The Bertz CT molecular complexity index is 387. The van der Waals surface area contributed by atoms with Crippen molar-refractivity contribution in [2.24, 2.45) is 5.73 Å². The van der Waals surface area contributed by atoms with Crippen molar-refractivity contribution in [3.8, 4) is 5.75 Å². The van der Waals surface area contributed by atoms with Crippen LogP contribution in [0.5, 0.6) is 5.75 Å². The molecule has 2 N–H and O–H groups in total. The van der Waals surface area contributed by atoms with Crippen molar-refractivity contribution in [3.05, 3.63) is 28.2 Å². The maximum atomic E-state index is 11.4. The molecule has 17 heavy (non-hydrogen) atoms. The molecule has 0 fully saturated rings. The summed E-state index contributed by atoms with van der Waals surface area (Å²) in [5.74, 6) is 0.114. The fourth-order valence-corrected chi connectivity index (χ4v) is 1.68. The van der Waals surface area contributed by atoms with Crippen LogP contribution < -0.4 is 10.5 Å². The van der Waals surface area contributed by atoms with Gasteiger partial charge in [-0.05, 0) is 25.1 Å². The quantitative estimate of drug-likeness (QED) is 0.864. The molecule has 0 aliphatic carbocycles. The number of rotatable bonds is 4. The minimum Gasteiger partial charge on any atom is -0.494 e. The lowest BCUT2D eigenvalue weighted by Gasteiger charge is -2.15. The number of hydrogen-bond donors (Lipinski definition) is 1. The van der Waals surface area contributed by atoms with E-state index in [2.05, 4.69) is 20.7 Å². The van der Waals surface area contributed by atoms with Gasteiger partial charge in [-0.1, -0.05) is 15.9 Å². The maximum absolute atomic E-state index is 11.4. The third-order valence-corrected chi connectivity index (χ3v) is 2.56. The van der Waals surface area contributed by atoms with Crippen molar-refractivity contribution in [2.45, 2.75) is 13.0 Å². The molecule has 1 rings (SSSR count). The Hall–Kier alpha value is -0.780. The summed E-state index contributed by atoms with van der Waals surface area (Å²) in [6, 6.07) is 4.53. The van der Waals surface area contributed by atoms with Crippen molar-refractivity contribution in [1.82, 2.24) is 0 Å². The van der Waals surface area contributed by atoms with E-state index in [0.29, 0.717) is 17.9 Å². The molecule has 1 atom stereocenters. The highest BCUT2D eigenvalue weighted by Crippen LogP contribution is 2.28. The Balaban J connectivity index is 0.00000256. The number of methoxy groups -OCH3 is 1. The Morgan fingerprint density at radius 2 is 2.18 bits per heavy atom. The highest BCUT2D eigenvalue weighted by Gasteiger charge is 2.20. The molecular weight excluding hydrogens is 309 g/mol. The Labute approximate surface area is 115 Å². The van der Waals surface area contributed by atoms with Crippen LogP contribution >= 0.6 is 28.3 Å². The SMILES string of the molecule is CCOc1ccc(Br)cc1[C@@H](N)C(=O)OC.Cl. The van der Waals surface area contributed by atoms with Gasteiger partial charge in [0, 0.05) is 10.0 Å². The zero-order chi connectivity index (χ0) is 12.1. The van der Waals surface area contributed by atoms with Crippen molar-refractivity contribution < 1.29 is 14.3 Å². The second-order valence-electron chi connectivity index (χ2n) is 3.12. The van der Waals surface area contributed by atoms with Crippen LogP contribution in [0.15, 0.2) is 22.7 Å². The van der Waals surface area contributed by atoms with Gasteiger partial charge in [-0.2, -0.15) is 0 Å². The minimum absolute atomic E-state index is 0. The fraction of sp³-hybridized carbons (Fsp3) is 0.364. The Morgan fingerprint density at radius 3 is 2.71 bits per heavy atom. The van der Waals surface area contributed by atoms with Crippen molar-refractivity contribution in [3.63, 3.8) is 0 Å². The van der Waals surface area contributed by atoms with E-state index < -0.39 is 12.0 Å². The Morgan fingerprint density at radius 1 is 1.53 bits per heavy atom. The third kappa shape index (κ3) is 4.18. The monoisotopic (exact) mass is 323 g/mol. The van der Waals surface area contributed by atoms with Crippen LogP contribution in [0.3, 0.4) is 0 Å². The number of nitrogens with two attached hydrogens (primary N) is 1. The molecule has 4 nitrogen and oxygen atoms in total. The molecule has 0 aliphatic rings. The molecule has 0 bridgehead atoms. The van der Waals surface area contributed by atoms with E-state index in [1.54, 1.807) is 12.1 Å². The zero-order valence-corrected chi connectivity index (χ0v) is 12.0. The molecule has 0 amide bonds. The molecule has 6 heteroatoms. The van der Waals surface area contributed by atoms with Gasteiger partial charge in [-0.15, -0.1) is 12.4 Å². The van der Waals surface area contributed by atoms with E-state index in [4.69, 9.17) is 10.5 Å². The van der Waals surface area contributed by atoms with E-state index in [1.165, 1.54) is 7.11 Å². The van der Waals surface area contributed by atoms with Crippen LogP contribution in [0.1, 0.15) is 18.5 Å². The maximum Gasteiger partial charge on any atom is 0.327 e. The van der Waals surface area contributed by atoms with Crippen molar-refractivity contribution in [2.75, 3.05) is 13.7 Å². The molecule has 96 valence electrons. The van der Waals surface area contributed by atoms with Crippen molar-refractivity contribution in [1.29, 1.82) is 0 Å². The summed E-state index contributed by atoms with van der Waals surface area (Å²) in [5, 5.41) is 0. The lowest BCUT2D eigenvalue weighted by molar-refractivity contribution is -0.142. The number of halogens is 2. The molecule has 0 saturated carbocycles. The molecule has 1 aromatic carbocycles. The van der Waals surface area contributed by atoms with Gasteiger partial charge in [0.05, 0.1) is 13.7 Å². The first-order valence-electron chi connectivity index (χ1n) is 4.85. The van der Waals surface area contributed by atoms with E-state index in [-0.39, 0.29) is 12.4 Å². The molecule has 0 unspecified atom stereocenters. The molecule has 0 aliphatic heterocycles. The molecule has 1 aromatic rings. The lowest BCUT2D eigenvalue weighted by atomic mass is 10.1. The van der Waals surface area contributed by atoms with Gasteiger partial charge in [0.1, 0.15) is 11.8 Å². The molecule has 0 radical (unpaired) electrons. The first-order chi connectivity index (χ1) is 7.60. The second-order valence-corrected chi connectivity index (χ2v) is 4.03. The summed E-state index contributed by atoms with van der Waals surface area (Å²) in [4.78, 5) is 11.4. The Kier molecular flexibility index (Phi) is 7.18. The number of benzene rings is 1. The van der Waals surface area contributed by atoms with Gasteiger partial charge in [0.25, 0.3) is 0 Å². The third-order valence-electron chi connectivity index (χ3n) is 2.06. The highest BCUT2D eigenvalue weighted by atomic mass is 79.9. The van der Waals surface area contributed by atoms with E-state index in [1.807, 2.05) is 13.0 Å². The molecule has 0 spiro atoms. The van der Waals surface area contributed by atoms with Gasteiger partial charge in [0.15, 0.2) is 0 Å². The summed E-state index contributed by atoms with van der Waals surface area (Å²) in [5.41, 5.74) is 6.39. The van der Waals surface area contributed by atoms with Crippen molar-refractivity contribution >= 4 is 34.3 Å². The number of carbonyl (C=O) groups excluding carboxylic acids is 1. The average Bonchev–Trinajstić information content (AvgIpc) is 2.29. The van der Waals surface area contributed by atoms with Gasteiger partial charge in [-0.3, -0.25) is 4.79 Å². The number of carbonyl (C=O) groups is 1. The predicted octanol–water partition coefficient (Wildman–Crippen LogP) is 2.44. The van der Waals surface area contributed by atoms with Crippen LogP contribution in [0.2, 0.25) is 0 Å². The molecule has 0 saturated heterocycles. The summed E-state index contributed by atoms with van der Waals surface area (Å²) in [7, 11) is 1.31. The standard InChI is InChI=1S/C11H14BrNO3.ClH/c1-3-16-9-5-4-7(12)6-8(9)10(13)11(14)15-2;/h4-6,10H,3,13H2,1-2H3;1H/t10-;/m1./s1. The smallest absolute Gasteiger partial charge is 0.327 e. The van der Waals surface area contributed by atoms with Crippen LogP contribution in [0.4, 0.5) is 0 Å². The minimum atomic E-state index is -0.830. The molecular formula is C11H15BrClNO3. The van der Waals surface area contributed by atoms with Crippen LogP contribution in [0, 0.1) is 0 Å². The second kappa shape index (κ2) is 7.53. The predicted molar refractivity (Wildman–Crippen MR) is 71.5 cm³/mol. The topological polar surface area (TPSA) is 61.5 Å². The van der Waals surface area contributed by atoms with Gasteiger partial charge in [0.2, 0.25) is 0 Å². The zero-order valence-electron chi connectivity index (χ0n) is 9.60. The van der Waals surface area contributed by atoms with Gasteiger partial charge in [-0.25, -0.2) is 0 Å². The fourth-order valence-electron chi connectivity index (χ4n) is 1.30. The largest absolute Gasteiger partial charge is 0.494 e. The molecule has 0 aromatic heterocycles. The van der Waals surface area contributed by atoms with Crippen LogP contribution in [-0.4, -0.2) is 19.7 Å². The first-order valence-corrected chi connectivity index (χ1v) is 5.65. The summed E-state index contributed by atoms with van der Waals surface area (Å²) in [6.07, 6.45) is 0. The summed E-state index contributed by atoms with van der Waals surface area (Å²) < 4.78 is 10.8. The lowest BCUT2D eigenvalue weighted by Crippen LogP contribution is -2.23. The van der Waals surface area contributed by atoms with E-state index in [9.17, 15) is 4.79 Å². The number of ether oxygens (including phenoxy) is 2. The van der Waals surface area contributed by atoms with E-state index >= 15 is 0 Å². The van der Waals surface area contributed by atoms with Gasteiger partial charge >= 0.3 is 5.97 Å². The number of esters is 1. The van der Waals surface area contributed by atoms with E-state index in [0.717, 1.165) is 4.47 Å². The van der Waals surface area contributed by atoms with Gasteiger partial charge < -0.3 is 15.2 Å². The first kappa shape index (κ1) is 16.2. The normalized spacial score (nSPS) is 11.3. The molecule has 0 heterocycles. The van der Waals surface area contributed by atoms with Crippen LogP contribution in [0.25, 0.3) is 0 Å². The average molecular weight is 325 g/mol. The number of hydrogen-bond acceptors (Lipinski definition) is 4. The van der Waals surface area contributed by atoms with Crippen LogP contribution in [-0.2, 0) is 9.53 Å². The highest BCUT2D eigenvalue weighted by molar-refractivity contribution is 9.10.